The Hall–Kier alpha value is -3.88. The Bertz CT molecular complexity index is 1040. The molecule has 1 aliphatic rings. The molecule has 0 saturated carbocycles. The van der Waals surface area contributed by atoms with E-state index in [1.807, 2.05) is 48.5 Å². The fourth-order valence-electron chi connectivity index (χ4n) is 3.93. The third-order valence-electron chi connectivity index (χ3n) is 5.64. The van der Waals surface area contributed by atoms with Crippen LogP contribution in [0.5, 0.6) is 0 Å². The summed E-state index contributed by atoms with van der Waals surface area (Å²) >= 11 is 0. The van der Waals surface area contributed by atoms with Gasteiger partial charge in [-0.2, -0.15) is 0 Å². The molecular weight excluding hydrogens is 438 g/mol. The zero-order valence-corrected chi connectivity index (χ0v) is 19.4. The van der Waals surface area contributed by atoms with Crippen LogP contribution >= 0.6 is 0 Å². The van der Waals surface area contributed by atoms with Crippen LogP contribution in [0, 0.1) is 5.92 Å². The van der Waals surface area contributed by atoms with E-state index in [0.717, 1.165) is 22.3 Å². The van der Waals surface area contributed by atoms with E-state index < -0.39 is 42.6 Å². The van der Waals surface area contributed by atoms with Crippen LogP contribution in [0.3, 0.4) is 0 Å². The van der Waals surface area contributed by atoms with Crippen LogP contribution in [0.25, 0.3) is 11.1 Å². The average molecular weight is 468 g/mol. The van der Waals surface area contributed by atoms with Crippen LogP contribution in [-0.4, -0.2) is 49.2 Å². The minimum atomic E-state index is -1.03. The van der Waals surface area contributed by atoms with Crippen LogP contribution in [-0.2, 0) is 23.9 Å². The van der Waals surface area contributed by atoms with Gasteiger partial charge in [-0.3, -0.25) is 9.59 Å². The average Bonchev–Trinajstić information content (AvgIpc) is 3.13. The number of rotatable bonds is 9. The van der Waals surface area contributed by atoms with E-state index >= 15 is 0 Å². The molecule has 3 rings (SSSR count). The minimum Gasteiger partial charge on any atom is -0.454 e. The molecule has 2 aromatic carbocycles. The standard InChI is InChI=1S/C25H29N3O6/c1-14(2)22(23(30)27-15(3)24(31)33-13-21(26)29)28-25(32)34-12-20-18-10-6-4-8-16(18)17-9-5-7-11-19(17)20/h4-11,14-15,20,22H,12-13H2,1-3H3,(H2,26,29)(H,27,30)(H,28,32)/t15-,22-/m0/s1. The van der Waals surface area contributed by atoms with Crippen molar-refractivity contribution >= 4 is 23.9 Å². The summed E-state index contributed by atoms with van der Waals surface area (Å²) in [5, 5.41) is 5.06. The van der Waals surface area contributed by atoms with Gasteiger partial charge in [0.2, 0.25) is 5.91 Å². The van der Waals surface area contributed by atoms with Crippen molar-refractivity contribution < 1.29 is 28.7 Å². The summed E-state index contributed by atoms with van der Waals surface area (Å²) in [5.41, 5.74) is 9.34. The second kappa shape index (κ2) is 10.8. The number of esters is 1. The lowest BCUT2D eigenvalue weighted by Crippen LogP contribution is -2.53. The molecule has 0 fully saturated rings. The third-order valence-corrected chi connectivity index (χ3v) is 5.64. The Kier molecular flexibility index (Phi) is 7.88. The molecule has 9 nitrogen and oxygen atoms in total. The van der Waals surface area contributed by atoms with E-state index in [9.17, 15) is 19.2 Å². The van der Waals surface area contributed by atoms with Crippen molar-refractivity contribution in [2.45, 2.75) is 38.8 Å². The third kappa shape index (κ3) is 5.72. The molecule has 180 valence electrons. The monoisotopic (exact) mass is 467 g/mol. The summed E-state index contributed by atoms with van der Waals surface area (Å²) in [6, 6.07) is 14.0. The van der Waals surface area contributed by atoms with E-state index in [4.69, 9.17) is 15.2 Å². The highest BCUT2D eigenvalue weighted by molar-refractivity contribution is 5.90. The normalized spacial score (nSPS) is 13.9. The molecule has 0 heterocycles. The number of nitrogens with two attached hydrogens (primary N) is 1. The van der Waals surface area contributed by atoms with Gasteiger partial charge in [-0.25, -0.2) is 9.59 Å². The van der Waals surface area contributed by atoms with Gasteiger partial charge < -0.3 is 25.8 Å². The first-order valence-electron chi connectivity index (χ1n) is 11.1. The molecule has 34 heavy (non-hydrogen) atoms. The number of nitrogens with one attached hydrogen (secondary N) is 2. The number of carbonyl (C=O) groups is 4. The van der Waals surface area contributed by atoms with Gasteiger partial charge in [0.25, 0.3) is 5.91 Å². The van der Waals surface area contributed by atoms with E-state index in [1.54, 1.807) is 13.8 Å². The maximum Gasteiger partial charge on any atom is 0.407 e. The maximum atomic E-state index is 12.7. The number of alkyl carbamates (subject to hydrolysis) is 1. The van der Waals surface area contributed by atoms with Gasteiger partial charge >= 0.3 is 12.1 Å². The largest absolute Gasteiger partial charge is 0.454 e. The second-order valence-electron chi connectivity index (χ2n) is 8.50. The zero-order chi connectivity index (χ0) is 24.8. The van der Waals surface area contributed by atoms with Crippen molar-refractivity contribution in [3.63, 3.8) is 0 Å². The molecule has 0 radical (unpaired) electrons. The number of hydrogen-bond donors (Lipinski definition) is 3. The number of ether oxygens (including phenoxy) is 2. The molecule has 2 atom stereocenters. The molecule has 4 N–H and O–H groups in total. The van der Waals surface area contributed by atoms with Crippen molar-refractivity contribution in [1.82, 2.24) is 10.6 Å². The van der Waals surface area contributed by atoms with Gasteiger partial charge in [0.15, 0.2) is 6.61 Å². The fraction of sp³-hybridized carbons (Fsp3) is 0.360. The number of primary amides is 1. The SMILES string of the molecule is CC(C)[C@H](NC(=O)OCC1c2ccccc2-c2ccccc21)C(=O)N[C@@H](C)C(=O)OCC(N)=O. The van der Waals surface area contributed by atoms with Crippen molar-refractivity contribution in [2.24, 2.45) is 11.7 Å². The Morgan fingerprint density at radius 2 is 1.44 bits per heavy atom. The van der Waals surface area contributed by atoms with Gasteiger partial charge in [-0.05, 0) is 35.1 Å². The predicted molar refractivity (Wildman–Crippen MR) is 125 cm³/mol. The number of hydrogen-bond acceptors (Lipinski definition) is 6. The molecule has 3 amide bonds. The van der Waals surface area contributed by atoms with Crippen molar-refractivity contribution in [3.05, 3.63) is 59.7 Å². The van der Waals surface area contributed by atoms with Crippen LogP contribution < -0.4 is 16.4 Å². The second-order valence-corrected chi connectivity index (χ2v) is 8.50. The van der Waals surface area contributed by atoms with Crippen molar-refractivity contribution in [2.75, 3.05) is 13.2 Å². The molecular formula is C25H29N3O6. The summed E-state index contributed by atoms with van der Waals surface area (Å²) in [7, 11) is 0. The van der Waals surface area contributed by atoms with Crippen LogP contribution in [0.15, 0.2) is 48.5 Å². The van der Waals surface area contributed by atoms with Crippen LogP contribution in [0.1, 0.15) is 37.8 Å². The summed E-state index contributed by atoms with van der Waals surface area (Å²) < 4.78 is 10.2. The molecule has 0 unspecified atom stereocenters. The molecule has 1 aliphatic carbocycles. The Morgan fingerprint density at radius 1 is 0.882 bits per heavy atom. The number of carbonyl (C=O) groups excluding carboxylic acids is 4. The number of amides is 3. The first kappa shape index (κ1) is 24.8. The highest BCUT2D eigenvalue weighted by Gasteiger charge is 2.31. The molecule has 0 spiro atoms. The van der Waals surface area contributed by atoms with E-state index in [0.29, 0.717) is 0 Å². The molecule has 0 aromatic heterocycles. The highest BCUT2D eigenvalue weighted by Crippen LogP contribution is 2.44. The predicted octanol–water partition coefficient (Wildman–Crippen LogP) is 2.08. The van der Waals surface area contributed by atoms with Crippen molar-refractivity contribution in [1.29, 1.82) is 0 Å². The van der Waals surface area contributed by atoms with Crippen LogP contribution in [0.2, 0.25) is 0 Å². The Balaban J connectivity index is 1.60. The molecule has 9 heteroatoms. The minimum absolute atomic E-state index is 0.107. The quantitative estimate of drug-likeness (QED) is 0.483. The summed E-state index contributed by atoms with van der Waals surface area (Å²) in [5.74, 6) is -2.58. The van der Waals surface area contributed by atoms with E-state index in [1.165, 1.54) is 6.92 Å². The fourth-order valence-corrected chi connectivity index (χ4v) is 3.93. The van der Waals surface area contributed by atoms with Crippen molar-refractivity contribution in [3.8, 4) is 11.1 Å². The molecule has 0 saturated heterocycles. The molecule has 0 bridgehead atoms. The number of fused-ring (bicyclic) bond motifs is 3. The van der Waals surface area contributed by atoms with Gasteiger partial charge in [-0.1, -0.05) is 62.4 Å². The Labute approximate surface area is 198 Å². The first-order chi connectivity index (χ1) is 16.2. The smallest absolute Gasteiger partial charge is 0.407 e. The van der Waals surface area contributed by atoms with E-state index in [2.05, 4.69) is 10.6 Å². The summed E-state index contributed by atoms with van der Waals surface area (Å²) in [6.07, 6.45) is -0.736. The zero-order valence-electron chi connectivity index (χ0n) is 19.4. The van der Waals surface area contributed by atoms with E-state index in [-0.39, 0.29) is 18.4 Å². The lowest BCUT2D eigenvalue weighted by atomic mass is 9.98. The summed E-state index contributed by atoms with van der Waals surface area (Å²) in [4.78, 5) is 47.9. The Morgan fingerprint density at radius 3 is 1.97 bits per heavy atom. The summed E-state index contributed by atoms with van der Waals surface area (Å²) in [6.45, 7) is 4.45. The lowest BCUT2D eigenvalue weighted by molar-refractivity contribution is -0.150. The van der Waals surface area contributed by atoms with Gasteiger partial charge in [0.05, 0.1) is 0 Å². The van der Waals surface area contributed by atoms with Gasteiger partial charge in [0, 0.05) is 5.92 Å². The molecule has 2 aromatic rings. The topological polar surface area (TPSA) is 137 Å². The number of benzene rings is 2. The highest BCUT2D eigenvalue weighted by atomic mass is 16.5. The van der Waals surface area contributed by atoms with Gasteiger partial charge in [0.1, 0.15) is 18.7 Å². The first-order valence-corrected chi connectivity index (χ1v) is 11.1. The lowest BCUT2D eigenvalue weighted by Gasteiger charge is -2.23. The van der Waals surface area contributed by atoms with Crippen LogP contribution in [0.4, 0.5) is 4.79 Å². The molecule has 0 aliphatic heterocycles. The maximum absolute atomic E-state index is 12.7. The van der Waals surface area contributed by atoms with Gasteiger partial charge in [-0.15, -0.1) is 0 Å².